The number of hydrogen-bond acceptors (Lipinski definition) is 6. The van der Waals surface area contributed by atoms with E-state index in [-0.39, 0.29) is 5.96 Å². The molecule has 9 nitrogen and oxygen atoms in total. The van der Waals surface area contributed by atoms with Gasteiger partial charge in [0.05, 0.1) is 19.0 Å². The second kappa shape index (κ2) is 12.8. The maximum absolute atomic E-state index is 7.49. The van der Waals surface area contributed by atoms with Crippen molar-refractivity contribution >= 4 is 11.8 Å². The lowest BCUT2D eigenvalue weighted by molar-refractivity contribution is 0.297. The Bertz CT molecular complexity index is 993. The highest BCUT2D eigenvalue weighted by molar-refractivity contribution is 5.81. The van der Waals surface area contributed by atoms with Gasteiger partial charge in [0.15, 0.2) is 5.96 Å². The van der Waals surface area contributed by atoms with Gasteiger partial charge in [-0.2, -0.15) is 0 Å². The third-order valence-electron chi connectivity index (χ3n) is 4.93. The zero-order valence-electron chi connectivity index (χ0n) is 19.3. The summed E-state index contributed by atoms with van der Waals surface area (Å²) in [6.45, 7) is 3.89. The van der Waals surface area contributed by atoms with Crippen molar-refractivity contribution in [2.45, 2.75) is 19.8 Å². The SMILES string of the molecule is CC(=N)NCCCOc1cc(OCCCNC(=N)N)c(-c2ccncc2)cc1-c1ccncc1. The summed E-state index contributed by atoms with van der Waals surface area (Å²) in [4.78, 5) is 8.28. The van der Waals surface area contributed by atoms with Crippen molar-refractivity contribution in [3.8, 4) is 33.8 Å². The number of rotatable bonds is 12. The molecule has 1 aromatic carbocycles. The van der Waals surface area contributed by atoms with Gasteiger partial charge in [-0.05, 0) is 61.2 Å². The lowest BCUT2D eigenvalue weighted by Gasteiger charge is -2.18. The maximum Gasteiger partial charge on any atom is 0.185 e. The van der Waals surface area contributed by atoms with Crippen LogP contribution in [0.25, 0.3) is 22.3 Å². The van der Waals surface area contributed by atoms with Gasteiger partial charge in [-0.25, -0.2) is 0 Å². The van der Waals surface area contributed by atoms with Gasteiger partial charge in [-0.1, -0.05) is 0 Å². The van der Waals surface area contributed by atoms with E-state index in [1.54, 1.807) is 31.7 Å². The number of ether oxygens (including phenoxy) is 2. The van der Waals surface area contributed by atoms with Gasteiger partial charge in [0, 0.05) is 55.1 Å². The van der Waals surface area contributed by atoms with Crippen LogP contribution >= 0.6 is 0 Å². The Hall–Kier alpha value is -4.14. The first-order valence-corrected chi connectivity index (χ1v) is 11.2. The van der Waals surface area contributed by atoms with Gasteiger partial charge in [-0.15, -0.1) is 0 Å². The highest BCUT2D eigenvalue weighted by atomic mass is 16.5. The minimum atomic E-state index is -0.0532. The molecule has 0 aliphatic rings. The number of nitrogens with zero attached hydrogens (tertiary/aromatic N) is 2. The Morgan fingerprint density at radius 1 is 0.794 bits per heavy atom. The number of aromatic nitrogens is 2. The molecule has 2 heterocycles. The summed E-state index contributed by atoms with van der Waals surface area (Å²) in [5, 5.41) is 20.6. The quantitative estimate of drug-likeness (QED) is 0.158. The number of guanidine groups is 1. The molecule has 0 atom stereocenters. The smallest absolute Gasteiger partial charge is 0.185 e. The van der Waals surface area contributed by atoms with E-state index in [9.17, 15) is 0 Å². The van der Waals surface area contributed by atoms with Crippen LogP contribution < -0.4 is 25.8 Å². The van der Waals surface area contributed by atoms with E-state index in [1.165, 1.54) is 0 Å². The molecule has 0 fully saturated rings. The van der Waals surface area contributed by atoms with Gasteiger partial charge < -0.3 is 25.8 Å². The molecule has 0 saturated heterocycles. The first kappa shape index (κ1) is 24.5. The van der Waals surface area contributed by atoms with Gasteiger partial charge >= 0.3 is 0 Å². The fourth-order valence-electron chi connectivity index (χ4n) is 3.32. The molecule has 178 valence electrons. The molecule has 3 aromatic rings. The van der Waals surface area contributed by atoms with E-state index in [0.29, 0.717) is 50.1 Å². The zero-order valence-corrected chi connectivity index (χ0v) is 19.3. The maximum atomic E-state index is 7.49. The van der Waals surface area contributed by atoms with E-state index >= 15 is 0 Å². The van der Waals surface area contributed by atoms with Crippen LogP contribution in [-0.2, 0) is 0 Å². The lowest BCUT2D eigenvalue weighted by Crippen LogP contribution is -2.31. The molecule has 0 spiro atoms. The van der Waals surface area contributed by atoms with E-state index in [1.807, 2.05) is 30.3 Å². The van der Waals surface area contributed by atoms with Crippen LogP contribution in [0.1, 0.15) is 19.8 Å². The molecule has 0 unspecified atom stereocenters. The van der Waals surface area contributed by atoms with Gasteiger partial charge in [0.1, 0.15) is 11.5 Å². The molecule has 9 heteroatoms. The van der Waals surface area contributed by atoms with Crippen molar-refractivity contribution in [3.63, 3.8) is 0 Å². The van der Waals surface area contributed by atoms with Gasteiger partial charge in [0.25, 0.3) is 0 Å². The summed E-state index contributed by atoms with van der Waals surface area (Å²) in [6, 6.07) is 11.8. The number of nitrogens with one attached hydrogen (secondary N) is 4. The third kappa shape index (κ3) is 7.47. The Morgan fingerprint density at radius 3 is 1.71 bits per heavy atom. The average molecular weight is 462 g/mol. The molecule has 0 amide bonds. The standard InChI is InChI=1S/C25H31N7O2/c1-18(26)31-8-2-14-33-23-17-24(34-15-3-9-32-25(27)28)22(20-6-12-30-13-7-20)16-21(23)19-4-10-29-11-5-19/h4-7,10-13,16-17H,2-3,8-9,14-15H2,1H3,(H2,26,31)(H4,27,28,32). The fourth-order valence-corrected chi connectivity index (χ4v) is 3.32. The summed E-state index contributed by atoms with van der Waals surface area (Å²) in [5.74, 6) is 1.81. The lowest BCUT2D eigenvalue weighted by atomic mass is 9.98. The topological polar surface area (TPSA) is 142 Å². The molecule has 2 aromatic heterocycles. The summed E-state index contributed by atoms with van der Waals surface area (Å²) in [5.41, 5.74) is 9.20. The first-order chi connectivity index (χ1) is 16.5. The molecule has 0 saturated carbocycles. The summed E-state index contributed by atoms with van der Waals surface area (Å²) in [6.07, 6.45) is 8.47. The predicted molar refractivity (Wildman–Crippen MR) is 134 cm³/mol. The Balaban J connectivity index is 1.90. The van der Waals surface area contributed by atoms with Gasteiger partial charge in [-0.3, -0.25) is 20.8 Å². The van der Waals surface area contributed by atoms with E-state index < -0.39 is 0 Å². The molecule has 6 N–H and O–H groups in total. The molecule has 0 radical (unpaired) electrons. The van der Waals surface area contributed by atoms with E-state index in [4.69, 9.17) is 26.0 Å². The second-order valence-corrected chi connectivity index (χ2v) is 7.61. The number of amidine groups is 1. The van der Waals surface area contributed by atoms with Gasteiger partial charge in [0.2, 0.25) is 0 Å². The number of benzene rings is 1. The number of nitrogens with two attached hydrogens (primary N) is 1. The van der Waals surface area contributed by atoms with Crippen molar-refractivity contribution in [2.24, 2.45) is 5.73 Å². The number of pyridine rings is 2. The molecule has 0 bridgehead atoms. The van der Waals surface area contributed by atoms with Crippen LogP contribution in [-0.4, -0.2) is 48.1 Å². The molecular formula is C25H31N7O2. The summed E-state index contributed by atoms with van der Waals surface area (Å²) in [7, 11) is 0. The Kier molecular flexibility index (Phi) is 9.21. The number of hydrogen-bond donors (Lipinski definition) is 5. The normalized spacial score (nSPS) is 10.4. The Labute approximate surface area is 199 Å². The van der Waals surface area contributed by atoms with Crippen molar-refractivity contribution in [2.75, 3.05) is 26.3 Å². The first-order valence-electron chi connectivity index (χ1n) is 11.2. The molecule has 3 rings (SSSR count). The zero-order chi connectivity index (χ0) is 24.2. The summed E-state index contributed by atoms with van der Waals surface area (Å²) < 4.78 is 12.3. The van der Waals surface area contributed by atoms with Crippen LogP contribution in [0.4, 0.5) is 0 Å². The fraction of sp³-hybridized carbons (Fsp3) is 0.280. The van der Waals surface area contributed by atoms with Crippen LogP contribution in [0.3, 0.4) is 0 Å². The molecule has 0 aliphatic carbocycles. The highest BCUT2D eigenvalue weighted by Gasteiger charge is 2.16. The largest absolute Gasteiger partial charge is 0.493 e. The van der Waals surface area contributed by atoms with Crippen molar-refractivity contribution in [1.29, 1.82) is 10.8 Å². The third-order valence-corrected chi connectivity index (χ3v) is 4.93. The van der Waals surface area contributed by atoms with Crippen LogP contribution in [0.2, 0.25) is 0 Å². The van der Waals surface area contributed by atoms with Crippen LogP contribution in [0.5, 0.6) is 11.5 Å². The molecule has 0 aliphatic heterocycles. The monoisotopic (exact) mass is 461 g/mol. The minimum Gasteiger partial charge on any atom is -0.493 e. The van der Waals surface area contributed by atoms with Crippen LogP contribution in [0.15, 0.2) is 61.2 Å². The Morgan fingerprint density at radius 2 is 1.26 bits per heavy atom. The van der Waals surface area contributed by atoms with Crippen LogP contribution in [0, 0.1) is 10.8 Å². The molecule has 34 heavy (non-hydrogen) atoms. The molecular weight excluding hydrogens is 430 g/mol. The predicted octanol–water partition coefficient (Wildman–Crippen LogP) is 3.42. The average Bonchev–Trinajstić information content (AvgIpc) is 2.84. The van der Waals surface area contributed by atoms with Crippen molar-refractivity contribution in [1.82, 2.24) is 20.6 Å². The van der Waals surface area contributed by atoms with E-state index in [2.05, 4.69) is 26.7 Å². The highest BCUT2D eigenvalue weighted by Crippen LogP contribution is 2.41. The van der Waals surface area contributed by atoms with Crippen molar-refractivity contribution < 1.29 is 9.47 Å². The second-order valence-electron chi connectivity index (χ2n) is 7.61. The summed E-state index contributed by atoms with van der Waals surface area (Å²) >= 11 is 0. The van der Waals surface area contributed by atoms with E-state index in [0.717, 1.165) is 28.7 Å². The minimum absolute atomic E-state index is 0.0532. The van der Waals surface area contributed by atoms with Crippen molar-refractivity contribution in [3.05, 3.63) is 61.2 Å².